The van der Waals surface area contributed by atoms with Crippen LogP contribution in [0.1, 0.15) is 13.8 Å². The van der Waals surface area contributed by atoms with Gasteiger partial charge in [0.1, 0.15) is 97.5 Å². The summed E-state index contributed by atoms with van der Waals surface area (Å²) in [5.74, 6) is -1.36. The summed E-state index contributed by atoms with van der Waals surface area (Å²) < 4.78 is 38.9. The summed E-state index contributed by atoms with van der Waals surface area (Å²) in [6.45, 7) is -0.985. The lowest BCUT2D eigenvalue weighted by Crippen LogP contribution is -2.68. The number of nitrogens with one attached hydrogen (secondary N) is 2. The summed E-state index contributed by atoms with van der Waals surface area (Å²) >= 11 is 0. The van der Waals surface area contributed by atoms with Gasteiger partial charge in [0, 0.05) is 13.8 Å². The SMILES string of the molecule is CC(=O)N[C@@H]1[C@@H](O)[C@H](O[C@@H]2O[C@H](CO[C@@H]3O[C@H](CO)[C@@H](O[C@@H]4O[C@H](CO)[C@H](O)[C@H](O)[C@H]4O)[C@H](O)[C@H]3NC(C)=O)[C@H](O)[C@H](O)[C@H]2O)[C@@H](CO)O[C@H]1O. The molecule has 0 aromatic heterocycles. The van der Waals surface area contributed by atoms with Gasteiger partial charge in [-0.2, -0.15) is 0 Å². The number of aliphatic hydroxyl groups is 12. The van der Waals surface area contributed by atoms with E-state index in [1.54, 1.807) is 0 Å². The minimum Gasteiger partial charge on any atom is -0.394 e. The average Bonchev–Trinajstić information content (AvgIpc) is 3.09. The van der Waals surface area contributed by atoms with E-state index in [1.807, 2.05) is 0 Å². The maximum Gasteiger partial charge on any atom is 0.217 e. The Balaban J connectivity index is 1.48. The molecule has 0 unspecified atom stereocenters. The van der Waals surface area contributed by atoms with E-state index in [4.69, 9.17) is 33.2 Å². The predicted molar refractivity (Wildman–Crippen MR) is 157 cm³/mol. The third-order valence-electron chi connectivity index (χ3n) is 8.99. The van der Waals surface area contributed by atoms with Crippen LogP contribution in [-0.4, -0.2) is 222 Å². The number of hydrogen-bond acceptors (Lipinski definition) is 21. The number of carbonyl (C=O) groups excluding carboxylic acids is 2. The Labute approximate surface area is 289 Å². The first-order chi connectivity index (χ1) is 24.0. The van der Waals surface area contributed by atoms with Crippen LogP contribution >= 0.6 is 0 Å². The first kappa shape index (κ1) is 41.9. The number of amides is 2. The second kappa shape index (κ2) is 18.0. The molecule has 23 nitrogen and oxygen atoms in total. The van der Waals surface area contributed by atoms with E-state index in [9.17, 15) is 70.9 Å². The van der Waals surface area contributed by atoms with Crippen molar-refractivity contribution in [3.8, 4) is 0 Å². The molecule has 0 radical (unpaired) electrons. The van der Waals surface area contributed by atoms with Crippen molar-refractivity contribution in [3.05, 3.63) is 0 Å². The first-order valence-electron chi connectivity index (χ1n) is 16.1. The quantitative estimate of drug-likeness (QED) is 0.0881. The Bertz CT molecular complexity index is 1140. The van der Waals surface area contributed by atoms with E-state index < -0.39 is 161 Å². The molecule has 4 aliphatic heterocycles. The fraction of sp³-hybridized carbons (Fsp3) is 0.929. The van der Waals surface area contributed by atoms with E-state index in [0.29, 0.717) is 0 Å². The summed E-state index contributed by atoms with van der Waals surface area (Å²) in [6.07, 6.45) is -30.8. The van der Waals surface area contributed by atoms with E-state index >= 15 is 0 Å². The largest absolute Gasteiger partial charge is 0.394 e. The average molecular weight is 749 g/mol. The first-order valence-corrected chi connectivity index (χ1v) is 16.1. The van der Waals surface area contributed by atoms with Crippen LogP contribution < -0.4 is 10.6 Å². The van der Waals surface area contributed by atoms with Crippen LogP contribution in [0.2, 0.25) is 0 Å². The van der Waals surface area contributed by atoms with Crippen molar-refractivity contribution >= 4 is 11.8 Å². The van der Waals surface area contributed by atoms with E-state index in [0.717, 1.165) is 13.8 Å². The minimum atomic E-state index is -1.96. The van der Waals surface area contributed by atoms with Crippen molar-refractivity contribution in [1.82, 2.24) is 10.6 Å². The molecular formula is C28H48N2O21. The second-order valence-electron chi connectivity index (χ2n) is 12.7. The number of aliphatic hydroxyl groups excluding tert-OH is 12. The van der Waals surface area contributed by atoms with Crippen molar-refractivity contribution in [1.29, 1.82) is 0 Å². The van der Waals surface area contributed by atoms with Gasteiger partial charge in [-0.25, -0.2) is 0 Å². The summed E-state index contributed by atoms with van der Waals surface area (Å²) in [4.78, 5) is 23.7. The minimum absolute atomic E-state index is 0.657. The summed E-state index contributed by atoms with van der Waals surface area (Å²) in [5, 5.41) is 129. The molecule has 0 saturated carbocycles. The van der Waals surface area contributed by atoms with E-state index in [1.165, 1.54) is 0 Å². The molecule has 296 valence electrons. The molecule has 0 spiro atoms. The Kier molecular flexibility index (Phi) is 14.8. The fourth-order valence-corrected chi connectivity index (χ4v) is 6.25. The molecule has 14 N–H and O–H groups in total. The van der Waals surface area contributed by atoms with Gasteiger partial charge >= 0.3 is 0 Å². The van der Waals surface area contributed by atoms with Gasteiger partial charge in [-0.15, -0.1) is 0 Å². The van der Waals surface area contributed by atoms with Gasteiger partial charge in [0.05, 0.1) is 26.4 Å². The molecule has 23 heteroatoms. The highest BCUT2D eigenvalue weighted by atomic mass is 16.8. The van der Waals surface area contributed by atoms with Gasteiger partial charge in [0.2, 0.25) is 11.8 Å². The van der Waals surface area contributed by atoms with Gasteiger partial charge in [0.15, 0.2) is 25.2 Å². The molecular weight excluding hydrogens is 700 g/mol. The van der Waals surface area contributed by atoms with Crippen LogP contribution in [0.5, 0.6) is 0 Å². The smallest absolute Gasteiger partial charge is 0.217 e. The standard InChI is InChI=1S/C28H48N2O21/c1-7(34)29-13-17(38)23(10(4-32)46-25(13)44)50-28-22(43)20(41)16(37)12(49-28)6-45-26-14(30-8(2)35)18(39)24(11(5-33)48-26)51-27-21(42)19(40)15(36)9(3-31)47-27/h9-28,31-33,36-44H,3-6H2,1-2H3,(H,29,34)(H,30,35)/t9-,10-,11-,12-,13-,14-,15+,16+,17-,18-,19+,20+,21-,22-,23-,24-,25-,26-,27+,28+/m1/s1. The monoisotopic (exact) mass is 748 g/mol. The lowest BCUT2D eigenvalue weighted by Gasteiger charge is -2.48. The van der Waals surface area contributed by atoms with Gasteiger partial charge < -0.3 is 105 Å². The van der Waals surface area contributed by atoms with Gasteiger partial charge in [-0.3, -0.25) is 9.59 Å². The van der Waals surface area contributed by atoms with Crippen LogP contribution in [0.4, 0.5) is 0 Å². The van der Waals surface area contributed by atoms with Gasteiger partial charge in [-0.05, 0) is 0 Å². The second-order valence-corrected chi connectivity index (χ2v) is 12.7. The number of ether oxygens (including phenoxy) is 7. The number of hydrogen-bond donors (Lipinski definition) is 14. The Morgan fingerprint density at radius 3 is 1.41 bits per heavy atom. The third kappa shape index (κ3) is 9.29. The summed E-state index contributed by atoms with van der Waals surface area (Å²) in [5.41, 5.74) is 0. The van der Waals surface area contributed by atoms with Crippen LogP contribution in [0, 0.1) is 0 Å². The molecule has 20 atom stereocenters. The van der Waals surface area contributed by atoms with Crippen LogP contribution in [0.3, 0.4) is 0 Å². The topological polar surface area (TPSA) is 366 Å². The van der Waals surface area contributed by atoms with Gasteiger partial charge in [-0.1, -0.05) is 0 Å². The predicted octanol–water partition coefficient (Wildman–Crippen LogP) is -9.46. The molecule has 0 bridgehead atoms. The summed E-state index contributed by atoms with van der Waals surface area (Å²) in [7, 11) is 0. The van der Waals surface area contributed by atoms with Crippen molar-refractivity contribution in [2.45, 2.75) is 137 Å². The molecule has 4 heterocycles. The zero-order valence-electron chi connectivity index (χ0n) is 27.4. The number of carbonyl (C=O) groups is 2. The Hall–Kier alpha value is -1.82. The Morgan fingerprint density at radius 1 is 0.510 bits per heavy atom. The summed E-state index contributed by atoms with van der Waals surface area (Å²) in [6, 6.07) is -2.94. The maximum absolute atomic E-state index is 12.1. The normalized spacial score (nSPS) is 47.8. The molecule has 4 aliphatic rings. The van der Waals surface area contributed by atoms with Crippen LogP contribution in [0.15, 0.2) is 0 Å². The lowest BCUT2D eigenvalue weighted by molar-refractivity contribution is -0.360. The van der Waals surface area contributed by atoms with E-state index in [-0.39, 0.29) is 0 Å². The van der Waals surface area contributed by atoms with Crippen molar-refractivity contribution < 1.29 is 104 Å². The zero-order valence-corrected chi connectivity index (χ0v) is 27.4. The molecule has 4 saturated heterocycles. The van der Waals surface area contributed by atoms with Crippen molar-refractivity contribution in [2.24, 2.45) is 0 Å². The van der Waals surface area contributed by atoms with Crippen molar-refractivity contribution in [3.63, 3.8) is 0 Å². The third-order valence-corrected chi connectivity index (χ3v) is 8.99. The van der Waals surface area contributed by atoms with Gasteiger partial charge in [0.25, 0.3) is 0 Å². The molecule has 4 fully saturated rings. The van der Waals surface area contributed by atoms with Crippen molar-refractivity contribution in [2.75, 3.05) is 26.4 Å². The maximum atomic E-state index is 12.1. The molecule has 0 aliphatic carbocycles. The molecule has 0 aromatic carbocycles. The lowest BCUT2D eigenvalue weighted by atomic mass is 9.95. The Morgan fingerprint density at radius 2 is 0.922 bits per heavy atom. The highest BCUT2D eigenvalue weighted by molar-refractivity contribution is 5.73. The van der Waals surface area contributed by atoms with Crippen LogP contribution in [0.25, 0.3) is 0 Å². The molecule has 0 aromatic rings. The zero-order chi connectivity index (χ0) is 37.9. The van der Waals surface area contributed by atoms with Crippen LogP contribution in [-0.2, 0) is 42.7 Å². The highest BCUT2D eigenvalue weighted by Crippen LogP contribution is 2.32. The fourth-order valence-electron chi connectivity index (χ4n) is 6.25. The molecule has 4 rings (SSSR count). The highest BCUT2D eigenvalue weighted by Gasteiger charge is 2.54. The molecule has 2 amide bonds. The number of rotatable bonds is 12. The van der Waals surface area contributed by atoms with E-state index in [2.05, 4.69) is 10.6 Å². The molecule has 51 heavy (non-hydrogen) atoms.